The van der Waals surface area contributed by atoms with Gasteiger partial charge >= 0.3 is 12.3 Å². The lowest BCUT2D eigenvalue weighted by atomic mass is 10.1. The molecule has 3 aromatic carbocycles. The Labute approximate surface area is 234 Å². The first-order chi connectivity index (χ1) is 19.8. The van der Waals surface area contributed by atoms with Crippen molar-refractivity contribution in [2.24, 2.45) is 0 Å². The second kappa shape index (κ2) is 12.1. The molecule has 4 rings (SSSR count). The second-order valence-electron chi connectivity index (χ2n) is 9.04. The molecule has 0 aliphatic carbocycles. The summed E-state index contributed by atoms with van der Waals surface area (Å²) in [5, 5.41) is 0. The maximum Gasteiger partial charge on any atom is 0.432 e. The van der Waals surface area contributed by atoms with Crippen molar-refractivity contribution in [3.05, 3.63) is 112 Å². The standard InChI is InChI=1S/C30H19F9N2O/c1-2-3-4-19-15-40-28(41-16-19)20-9-7-17(8-10-20)5-6-18-11-22(31)27(23(32)12-18)30(38,39)42-21-13-24(33)26(25(34)14-21)29(35,36)37/h7-16H,2-4H2,1H3. The highest BCUT2D eigenvalue weighted by Crippen LogP contribution is 2.39. The largest absolute Gasteiger partial charge is 0.432 e. The molecule has 1 aromatic heterocycles. The molecular formula is C30H19F9N2O. The summed E-state index contributed by atoms with van der Waals surface area (Å²) in [5.41, 5.74) is -2.47. The van der Waals surface area contributed by atoms with Crippen LogP contribution in [0.1, 0.15) is 47.6 Å². The minimum absolute atomic E-state index is 0.171. The summed E-state index contributed by atoms with van der Waals surface area (Å²) in [5.74, 6) is -3.99. The van der Waals surface area contributed by atoms with Gasteiger partial charge in [-0.3, -0.25) is 0 Å². The number of aryl methyl sites for hydroxylation is 1. The van der Waals surface area contributed by atoms with Crippen LogP contribution >= 0.6 is 0 Å². The summed E-state index contributed by atoms with van der Waals surface area (Å²) in [6.45, 7) is 2.08. The number of rotatable bonds is 7. The van der Waals surface area contributed by atoms with Gasteiger partial charge in [-0.05, 0) is 54.8 Å². The quantitative estimate of drug-likeness (QED) is 0.159. The van der Waals surface area contributed by atoms with Gasteiger partial charge in [0.15, 0.2) is 5.82 Å². The molecule has 0 radical (unpaired) electrons. The van der Waals surface area contributed by atoms with Gasteiger partial charge in [-0.15, -0.1) is 0 Å². The molecule has 42 heavy (non-hydrogen) atoms. The molecule has 0 saturated carbocycles. The van der Waals surface area contributed by atoms with Gasteiger partial charge in [-0.1, -0.05) is 25.2 Å². The summed E-state index contributed by atoms with van der Waals surface area (Å²) in [7, 11) is 0. The molecular weight excluding hydrogens is 575 g/mol. The monoisotopic (exact) mass is 594 g/mol. The molecule has 218 valence electrons. The third-order valence-electron chi connectivity index (χ3n) is 5.90. The molecule has 0 aliphatic rings. The van der Waals surface area contributed by atoms with Crippen LogP contribution in [0.5, 0.6) is 5.75 Å². The zero-order chi connectivity index (χ0) is 30.7. The van der Waals surface area contributed by atoms with E-state index in [1.807, 2.05) is 0 Å². The fourth-order valence-electron chi connectivity index (χ4n) is 3.86. The van der Waals surface area contributed by atoms with Crippen LogP contribution in [-0.2, 0) is 18.7 Å². The van der Waals surface area contributed by atoms with E-state index in [0.717, 1.165) is 24.8 Å². The van der Waals surface area contributed by atoms with Gasteiger partial charge in [0.1, 0.15) is 40.1 Å². The van der Waals surface area contributed by atoms with Gasteiger partial charge in [0.05, 0.1) is 0 Å². The summed E-state index contributed by atoms with van der Waals surface area (Å²) in [6.07, 6.45) is -3.89. The Hall–Kier alpha value is -4.53. The van der Waals surface area contributed by atoms with Crippen molar-refractivity contribution >= 4 is 0 Å². The molecule has 0 saturated heterocycles. The minimum atomic E-state index is -5.46. The number of ether oxygens (including phenoxy) is 1. The van der Waals surface area contributed by atoms with Crippen molar-refractivity contribution in [2.45, 2.75) is 38.5 Å². The van der Waals surface area contributed by atoms with Gasteiger partial charge in [0.25, 0.3) is 0 Å². The Morgan fingerprint density at radius 3 is 1.76 bits per heavy atom. The van der Waals surface area contributed by atoms with E-state index in [1.54, 1.807) is 36.7 Å². The molecule has 0 amide bonds. The lowest BCUT2D eigenvalue weighted by Gasteiger charge is -2.20. The van der Waals surface area contributed by atoms with Crippen LogP contribution in [0.15, 0.2) is 60.9 Å². The van der Waals surface area contributed by atoms with Crippen LogP contribution in [0.3, 0.4) is 0 Å². The molecule has 12 heteroatoms. The third kappa shape index (κ3) is 7.02. The molecule has 0 bridgehead atoms. The maximum absolute atomic E-state index is 14.6. The molecule has 0 fully saturated rings. The van der Waals surface area contributed by atoms with Crippen LogP contribution < -0.4 is 4.74 Å². The van der Waals surface area contributed by atoms with E-state index in [-0.39, 0.29) is 17.7 Å². The number of nitrogens with zero attached hydrogens (tertiary/aromatic N) is 2. The maximum atomic E-state index is 14.6. The number of alkyl halides is 5. The Kier molecular flexibility index (Phi) is 8.80. The molecule has 0 spiro atoms. The Morgan fingerprint density at radius 1 is 0.714 bits per heavy atom. The fourth-order valence-corrected chi connectivity index (χ4v) is 3.86. The van der Waals surface area contributed by atoms with Gasteiger partial charge in [0.2, 0.25) is 0 Å². The Bertz CT molecular complexity index is 1590. The zero-order valence-electron chi connectivity index (χ0n) is 21.6. The minimum Gasteiger partial charge on any atom is -0.429 e. The third-order valence-corrected chi connectivity index (χ3v) is 5.90. The topological polar surface area (TPSA) is 35.0 Å². The molecule has 0 aliphatic heterocycles. The normalized spacial score (nSPS) is 11.7. The van der Waals surface area contributed by atoms with E-state index in [0.29, 0.717) is 29.1 Å². The van der Waals surface area contributed by atoms with E-state index in [9.17, 15) is 39.5 Å². The lowest BCUT2D eigenvalue weighted by molar-refractivity contribution is -0.189. The average Bonchev–Trinajstić information content (AvgIpc) is 2.89. The molecule has 3 nitrogen and oxygen atoms in total. The first-order valence-electron chi connectivity index (χ1n) is 12.3. The fraction of sp³-hybridized carbons (Fsp3) is 0.200. The van der Waals surface area contributed by atoms with Crippen molar-refractivity contribution in [1.82, 2.24) is 9.97 Å². The predicted octanol–water partition coefficient (Wildman–Crippen LogP) is 8.59. The average molecular weight is 594 g/mol. The Balaban J connectivity index is 1.51. The molecule has 4 aromatic rings. The van der Waals surface area contributed by atoms with Crippen LogP contribution in [0.25, 0.3) is 11.4 Å². The van der Waals surface area contributed by atoms with Crippen molar-refractivity contribution < 1.29 is 44.3 Å². The van der Waals surface area contributed by atoms with Gasteiger partial charge in [-0.2, -0.15) is 22.0 Å². The highest BCUT2D eigenvalue weighted by molar-refractivity contribution is 5.57. The van der Waals surface area contributed by atoms with Crippen LogP contribution in [0.2, 0.25) is 0 Å². The first kappa shape index (κ1) is 30.4. The predicted molar refractivity (Wildman–Crippen MR) is 134 cm³/mol. The molecule has 0 unspecified atom stereocenters. The lowest BCUT2D eigenvalue weighted by Crippen LogP contribution is -2.25. The summed E-state index contributed by atoms with van der Waals surface area (Å²) in [4.78, 5) is 8.67. The summed E-state index contributed by atoms with van der Waals surface area (Å²) < 4.78 is 128. The van der Waals surface area contributed by atoms with Crippen LogP contribution in [0, 0.1) is 35.1 Å². The van der Waals surface area contributed by atoms with E-state index in [4.69, 9.17) is 0 Å². The van der Waals surface area contributed by atoms with Crippen molar-refractivity contribution in [3.8, 4) is 29.0 Å². The number of hydrogen-bond acceptors (Lipinski definition) is 3. The zero-order valence-corrected chi connectivity index (χ0v) is 21.6. The van der Waals surface area contributed by atoms with E-state index in [1.165, 1.54) is 0 Å². The molecule has 0 N–H and O–H groups in total. The number of unbranched alkanes of at least 4 members (excludes halogenated alkanes) is 1. The van der Waals surface area contributed by atoms with Crippen LogP contribution in [-0.4, -0.2) is 9.97 Å². The molecule has 1 heterocycles. The SMILES string of the molecule is CCCCc1cnc(-c2ccc(C#Cc3cc(F)c(C(F)(F)Oc4cc(F)c(C(F)(F)F)c(F)c4)c(F)c3)cc2)nc1. The Morgan fingerprint density at radius 2 is 1.24 bits per heavy atom. The van der Waals surface area contributed by atoms with Gasteiger partial charge in [-0.25, -0.2) is 27.5 Å². The van der Waals surface area contributed by atoms with E-state index in [2.05, 4.69) is 33.5 Å². The molecule has 0 atom stereocenters. The van der Waals surface area contributed by atoms with Crippen molar-refractivity contribution in [2.75, 3.05) is 0 Å². The highest BCUT2D eigenvalue weighted by Gasteiger charge is 2.43. The number of aromatic nitrogens is 2. The summed E-state index contributed by atoms with van der Waals surface area (Å²) in [6, 6.07) is 7.19. The number of benzene rings is 3. The van der Waals surface area contributed by atoms with Crippen molar-refractivity contribution in [3.63, 3.8) is 0 Å². The summed E-state index contributed by atoms with van der Waals surface area (Å²) >= 11 is 0. The van der Waals surface area contributed by atoms with Crippen molar-refractivity contribution in [1.29, 1.82) is 0 Å². The van der Waals surface area contributed by atoms with E-state index < -0.39 is 52.4 Å². The number of hydrogen-bond donors (Lipinski definition) is 0. The van der Waals surface area contributed by atoms with Gasteiger partial charge in [0, 0.05) is 41.2 Å². The number of halogens is 9. The smallest absolute Gasteiger partial charge is 0.429 e. The van der Waals surface area contributed by atoms with Gasteiger partial charge < -0.3 is 4.74 Å². The first-order valence-corrected chi connectivity index (χ1v) is 12.3. The van der Waals surface area contributed by atoms with Crippen LogP contribution in [0.4, 0.5) is 39.5 Å². The highest BCUT2D eigenvalue weighted by atomic mass is 19.4. The van der Waals surface area contributed by atoms with E-state index >= 15 is 0 Å². The second-order valence-corrected chi connectivity index (χ2v) is 9.04.